The van der Waals surface area contributed by atoms with Crippen LogP contribution < -0.4 is 0 Å². The molecule has 0 saturated carbocycles. The lowest BCUT2D eigenvalue weighted by atomic mass is 9.97. The highest BCUT2D eigenvalue weighted by Gasteiger charge is 2.21. The quantitative estimate of drug-likeness (QED) is 0.392. The van der Waals surface area contributed by atoms with Gasteiger partial charge in [0.05, 0.1) is 11.7 Å². The van der Waals surface area contributed by atoms with Gasteiger partial charge in [0, 0.05) is 0 Å². The molecule has 0 rings (SSSR count). The van der Waals surface area contributed by atoms with Crippen LogP contribution in [-0.4, -0.2) is 5.97 Å². The summed E-state index contributed by atoms with van der Waals surface area (Å²) >= 11 is 0. The second-order valence-electron chi connectivity index (χ2n) is 4.48. The number of rotatable bonds is 4. The molecule has 0 spiro atoms. The maximum absolute atomic E-state index is 11.3. The summed E-state index contributed by atoms with van der Waals surface area (Å²) in [5.74, 6) is 0.208. The Hall–Kier alpha value is -1.05. The largest absolute Gasteiger partial charge is 0.434 e. The van der Waals surface area contributed by atoms with Crippen LogP contribution in [0, 0.1) is 11.3 Å². The molecule has 2 heteroatoms. The van der Waals surface area contributed by atoms with Gasteiger partial charge >= 0.3 is 5.97 Å². The zero-order valence-corrected chi connectivity index (χ0v) is 9.54. The predicted molar refractivity (Wildman–Crippen MR) is 58.7 cm³/mol. The molecule has 0 heterocycles. The van der Waals surface area contributed by atoms with Crippen LogP contribution in [0.1, 0.15) is 34.1 Å². The Balaban J connectivity index is 3.84. The molecule has 0 aromatic heterocycles. The molecule has 0 radical (unpaired) electrons. The molecule has 1 unspecified atom stereocenters. The lowest BCUT2D eigenvalue weighted by Gasteiger charge is -2.13. The highest BCUT2D eigenvalue weighted by atomic mass is 16.5. The van der Waals surface area contributed by atoms with E-state index in [-0.39, 0.29) is 5.97 Å². The normalized spacial score (nSPS) is 14.0. The summed E-state index contributed by atoms with van der Waals surface area (Å²) in [6.45, 7) is 11.2. The van der Waals surface area contributed by atoms with Crippen molar-refractivity contribution in [2.24, 2.45) is 11.3 Å². The Morgan fingerprint density at radius 2 is 2.07 bits per heavy atom. The number of esters is 1. The molecule has 0 aromatic carbocycles. The average molecular weight is 196 g/mol. The SMILES string of the molecule is C=CC(C)C/C=C/OC(=O)C(C)(C)C. The van der Waals surface area contributed by atoms with E-state index < -0.39 is 5.41 Å². The minimum atomic E-state index is -0.436. The van der Waals surface area contributed by atoms with Gasteiger partial charge in [-0.3, -0.25) is 4.79 Å². The van der Waals surface area contributed by atoms with Gasteiger partial charge in [0.15, 0.2) is 0 Å². The maximum atomic E-state index is 11.3. The second kappa shape index (κ2) is 5.63. The summed E-state index contributed by atoms with van der Waals surface area (Å²) in [5.41, 5.74) is -0.436. The lowest BCUT2D eigenvalue weighted by Crippen LogP contribution is -2.20. The molecule has 0 aliphatic rings. The molecule has 0 aliphatic carbocycles. The van der Waals surface area contributed by atoms with Crippen LogP contribution in [0.15, 0.2) is 25.0 Å². The fourth-order valence-electron chi connectivity index (χ4n) is 0.653. The van der Waals surface area contributed by atoms with Crippen molar-refractivity contribution in [2.45, 2.75) is 34.1 Å². The molecular weight excluding hydrogens is 176 g/mol. The third-order valence-corrected chi connectivity index (χ3v) is 1.79. The monoisotopic (exact) mass is 196 g/mol. The number of hydrogen-bond acceptors (Lipinski definition) is 2. The van der Waals surface area contributed by atoms with Gasteiger partial charge in [0.25, 0.3) is 0 Å². The Bertz CT molecular complexity index is 221. The Labute approximate surface area is 86.6 Å². The number of carbonyl (C=O) groups is 1. The molecule has 0 aliphatic heterocycles. The van der Waals surface area contributed by atoms with E-state index >= 15 is 0 Å². The van der Waals surface area contributed by atoms with E-state index in [9.17, 15) is 4.79 Å². The topological polar surface area (TPSA) is 26.3 Å². The average Bonchev–Trinajstić information content (AvgIpc) is 2.09. The van der Waals surface area contributed by atoms with Crippen LogP contribution in [0.25, 0.3) is 0 Å². The fraction of sp³-hybridized carbons (Fsp3) is 0.583. The van der Waals surface area contributed by atoms with Crippen molar-refractivity contribution in [1.82, 2.24) is 0 Å². The van der Waals surface area contributed by atoms with Crippen molar-refractivity contribution >= 4 is 5.97 Å². The van der Waals surface area contributed by atoms with E-state index in [2.05, 4.69) is 13.5 Å². The molecular formula is C12H20O2. The van der Waals surface area contributed by atoms with Crippen molar-refractivity contribution in [3.63, 3.8) is 0 Å². The van der Waals surface area contributed by atoms with Crippen LogP contribution in [0.5, 0.6) is 0 Å². The van der Waals surface area contributed by atoms with E-state index in [1.807, 2.05) is 32.9 Å². The van der Waals surface area contributed by atoms with Crippen LogP contribution in [0.2, 0.25) is 0 Å². The third kappa shape index (κ3) is 5.57. The number of hydrogen-bond donors (Lipinski definition) is 0. The number of carbonyl (C=O) groups excluding carboxylic acids is 1. The minimum Gasteiger partial charge on any atom is -0.434 e. The molecule has 0 saturated heterocycles. The van der Waals surface area contributed by atoms with Gasteiger partial charge in [-0.05, 0) is 39.2 Å². The molecule has 2 nitrogen and oxygen atoms in total. The minimum absolute atomic E-state index is 0.208. The van der Waals surface area contributed by atoms with Crippen LogP contribution in [-0.2, 0) is 9.53 Å². The number of ether oxygens (including phenoxy) is 1. The Morgan fingerprint density at radius 1 is 1.50 bits per heavy atom. The van der Waals surface area contributed by atoms with Crippen LogP contribution in [0.4, 0.5) is 0 Å². The first-order valence-electron chi connectivity index (χ1n) is 4.86. The van der Waals surface area contributed by atoms with Gasteiger partial charge in [-0.2, -0.15) is 0 Å². The van der Waals surface area contributed by atoms with E-state index in [4.69, 9.17) is 4.74 Å². The molecule has 0 fully saturated rings. The second-order valence-corrected chi connectivity index (χ2v) is 4.48. The highest BCUT2D eigenvalue weighted by molar-refractivity contribution is 5.75. The van der Waals surface area contributed by atoms with E-state index in [1.165, 1.54) is 6.26 Å². The summed E-state index contributed by atoms with van der Waals surface area (Å²) in [7, 11) is 0. The van der Waals surface area contributed by atoms with E-state index in [0.717, 1.165) is 6.42 Å². The van der Waals surface area contributed by atoms with Crippen molar-refractivity contribution < 1.29 is 9.53 Å². The van der Waals surface area contributed by atoms with Crippen molar-refractivity contribution in [2.75, 3.05) is 0 Å². The van der Waals surface area contributed by atoms with E-state index in [1.54, 1.807) is 0 Å². The molecule has 1 atom stereocenters. The van der Waals surface area contributed by atoms with Crippen LogP contribution in [0.3, 0.4) is 0 Å². The smallest absolute Gasteiger partial charge is 0.316 e. The predicted octanol–water partition coefficient (Wildman–Crippen LogP) is 3.30. The zero-order valence-electron chi connectivity index (χ0n) is 9.54. The Morgan fingerprint density at radius 3 is 2.50 bits per heavy atom. The van der Waals surface area contributed by atoms with E-state index in [0.29, 0.717) is 5.92 Å². The Kier molecular flexibility index (Phi) is 5.21. The van der Waals surface area contributed by atoms with Crippen LogP contribution >= 0.6 is 0 Å². The fourth-order valence-corrected chi connectivity index (χ4v) is 0.653. The molecule has 0 bridgehead atoms. The maximum Gasteiger partial charge on any atom is 0.316 e. The molecule has 0 N–H and O–H groups in total. The summed E-state index contributed by atoms with van der Waals surface area (Å²) in [6.07, 6.45) is 6.03. The molecule has 80 valence electrons. The molecule has 14 heavy (non-hydrogen) atoms. The first-order chi connectivity index (χ1) is 6.38. The van der Waals surface area contributed by atoms with Gasteiger partial charge in [0.1, 0.15) is 0 Å². The molecule has 0 amide bonds. The highest BCUT2D eigenvalue weighted by Crippen LogP contribution is 2.15. The van der Waals surface area contributed by atoms with Gasteiger partial charge < -0.3 is 4.74 Å². The van der Waals surface area contributed by atoms with Gasteiger partial charge in [-0.15, -0.1) is 6.58 Å². The first-order valence-corrected chi connectivity index (χ1v) is 4.86. The summed E-state index contributed by atoms with van der Waals surface area (Å²) in [5, 5.41) is 0. The first kappa shape index (κ1) is 12.9. The van der Waals surface area contributed by atoms with Crippen molar-refractivity contribution in [3.05, 3.63) is 25.0 Å². The van der Waals surface area contributed by atoms with Crippen molar-refractivity contribution in [3.8, 4) is 0 Å². The lowest BCUT2D eigenvalue weighted by molar-refractivity contribution is -0.146. The zero-order chi connectivity index (χ0) is 11.2. The van der Waals surface area contributed by atoms with Gasteiger partial charge in [-0.1, -0.05) is 13.0 Å². The standard InChI is InChI=1S/C12H20O2/c1-6-10(2)8-7-9-14-11(13)12(3,4)5/h6-7,9-10H,1,8H2,2-5H3/b9-7+. The van der Waals surface area contributed by atoms with Crippen molar-refractivity contribution in [1.29, 1.82) is 0 Å². The summed E-state index contributed by atoms with van der Waals surface area (Å²) in [4.78, 5) is 11.3. The van der Waals surface area contributed by atoms with Gasteiger partial charge in [0.2, 0.25) is 0 Å². The van der Waals surface area contributed by atoms with Gasteiger partial charge in [-0.25, -0.2) is 0 Å². The summed E-state index contributed by atoms with van der Waals surface area (Å²) in [6, 6.07) is 0. The molecule has 0 aromatic rings. The third-order valence-electron chi connectivity index (χ3n) is 1.79. The summed E-state index contributed by atoms with van der Waals surface area (Å²) < 4.78 is 4.95. The number of allylic oxidation sites excluding steroid dienone is 2.